The number of hydrogen-bond donors (Lipinski definition) is 3. The summed E-state index contributed by atoms with van der Waals surface area (Å²) in [6.07, 6.45) is 35.6. The third-order valence-electron chi connectivity index (χ3n) is 8.72. The molecule has 0 fully saturated rings. The summed E-state index contributed by atoms with van der Waals surface area (Å²) in [5.74, 6) is 0. The summed E-state index contributed by atoms with van der Waals surface area (Å²) in [6, 6.07) is 0. The quantitative estimate of drug-likeness (QED) is 0.0583. The number of unbranched alkanes of at least 4 members (excludes halogenated alkanes) is 24. The van der Waals surface area contributed by atoms with Crippen LogP contribution < -0.4 is 0 Å². The zero-order valence-corrected chi connectivity index (χ0v) is 27.5. The van der Waals surface area contributed by atoms with Crippen molar-refractivity contribution in [3.8, 4) is 0 Å². The molecule has 0 heterocycles. The molecule has 0 rings (SSSR count). The van der Waals surface area contributed by atoms with Crippen molar-refractivity contribution in [1.82, 2.24) is 0 Å². The molecule has 0 aliphatic rings. The number of hydrogen-bond acceptors (Lipinski definition) is 3. The van der Waals surface area contributed by atoms with Crippen LogP contribution in [0.3, 0.4) is 0 Å². The van der Waals surface area contributed by atoms with Gasteiger partial charge in [-0.05, 0) is 0 Å². The first-order chi connectivity index (χ1) is 18.4. The topological polar surface area (TPSA) is 60.7 Å². The molecule has 0 aliphatic heterocycles. The van der Waals surface area contributed by atoms with Crippen LogP contribution in [0.4, 0.5) is 0 Å². The fourth-order valence-electron chi connectivity index (χ4n) is 5.96. The molecule has 0 aromatic heterocycles. The summed E-state index contributed by atoms with van der Waals surface area (Å²) in [6.45, 7) is 6.75. The van der Waals surface area contributed by atoms with Gasteiger partial charge in [0.25, 0.3) is 0 Å². The molecule has 4 heteroatoms. The minimum Gasteiger partial charge on any atom is -0.0654 e. The van der Waals surface area contributed by atoms with Crippen molar-refractivity contribution in [3.05, 3.63) is 0 Å². The molecule has 1 unspecified atom stereocenters. The van der Waals surface area contributed by atoms with Gasteiger partial charge < -0.3 is 0 Å². The van der Waals surface area contributed by atoms with Gasteiger partial charge in [0.05, 0.1) is 0 Å². The van der Waals surface area contributed by atoms with Crippen LogP contribution in [-0.4, -0.2) is 26.5 Å². The standard InChI is InChI=1S/C34H73O3P/c1-4-7-10-13-15-17-19-21-23-25-27-30-33-38(35,36,37)34(31-28-12-9-6-3)32-29-26-24-22-20-18-16-14-11-8-5-2/h34-37H,4-33H2,1-3H3. The number of rotatable bonds is 31. The van der Waals surface area contributed by atoms with Crippen molar-refractivity contribution in [2.24, 2.45) is 0 Å². The molecule has 0 radical (unpaired) electrons. The second kappa shape index (κ2) is 26.2. The average molecular weight is 561 g/mol. The molecule has 3 nitrogen and oxygen atoms in total. The van der Waals surface area contributed by atoms with Gasteiger partial charge in [0.15, 0.2) is 0 Å². The summed E-state index contributed by atoms with van der Waals surface area (Å²) < 4.78 is 0. The molecular weight excluding hydrogens is 487 g/mol. The van der Waals surface area contributed by atoms with Crippen molar-refractivity contribution in [1.29, 1.82) is 0 Å². The van der Waals surface area contributed by atoms with Crippen LogP contribution in [0.15, 0.2) is 0 Å². The second-order valence-corrected chi connectivity index (χ2v) is 16.3. The Balaban J connectivity index is 4.18. The summed E-state index contributed by atoms with van der Waals surface area (Å²) >= 11 is 0. The summed E-state index contributed by atoms with van der Waals surface area (Å²) in [5, 5.41) is 0. The molecule has 0 saturated carbocycles. The minimum atomic E-state index is -4.57. The van der Waals surface area contributed by atoms with Crippen LogP contribution in [0.25, 0.3) is 0 Å². The van der Waals surface area contributed by atoms with Gasteiger partial charge in [-0.15, -0.1) is 0 Å². The fourth-order valence-corrected chi connectivity index (χ4v) is 8.58. The molecule has 1 atom stereocenters. The molecule has 0 bridgehead atoms. The van der Waals surface area contributed by atoms with E-state index in [2.05, 4.69) is 20.8 Å². The molecule has 0 amide bonds. The molecule has 0 aromatic rings. The van der Waals surface area contributed by atoms with Crippen LogP contribution >= 0.6 is 7.28 Å². The van der Waals surface area contributed by atoms with Gasteiger partial charge >= 0.3 is 214 Å². The summed E-state index contributed by atoms with van der Waals surface area (Å²) in [4.78, 5) is 33.5. The van der Waals surface area contributed by atoms with E-state index in [4.69, 9.17) is 0 Å². The normalized spacial score (nSPS) is 14.0. The van der Waals surface area contributed by atoms with Crippen LogP contribution in [0.2, 0.25) is 0 Å². The Morgan fingerprint density at radius 1 is 0.342 bits per heavy atom. The van der Waals surface area contributed by atoms with Gasteiger partial charge in [-0.1, -0.05) is 26.7 Å². The third kappa shape index (κ3) is 24.1. The molecule has 38 heavy (non-hydrogen) atoms. The SMILES string of the molecule is CCCCCCCCCCCCCCP(O)(O)(O)C(CCCCCC)CCCCCCCCCCCCC. The summed E-state index contributed by atoms with van der Waals surface area (Å²) in [7, 11) is -4.57. The Morgan fingerprint density at radius 3 is 0.895 bits per heavy atom. The van der Waals surface area contributed by atoms with E-state index in [1.54, 1.807) is 0 Å². The molecular formula is C34H73O3P. The first-order valence-electron chi connectivity index (χ1n) is 17.6. The van der Waals surface area contributed by atoms with Crippen LogP contribution in [0, 0.1) is 0 Å². The maximum absolute atomic E-state index is 11.2. The maximum atomic E-state index is 11.2. The Morgan fingerprint density at radius 2 is 0.579 bits per heavy atom. The van der Waals surface area contributed by atoms with Crippen molar-refractivity contribution in [2.75, 3.05) is 6.16 Å². The van der Waals surface area contributed by atoms with Gasteiger partial charge in [0.2, 0.25) is 0 Å². The van der Waals surface area contributed by atoms with Crippen molar-refractivity contribution >= 4 is 7.28 Å². The Bertz CT molecular complexity index is 474. The Labute approximate surface area is 240 Å². The predicted octanol–water partition coefficient (Wildman–Crippen LogP) is 12.0. The Hall–Kier alpha value is 0.310. The fraction of sp³-hybridized carbons (Fsp3) is 1.00. The van der Waals surface area contributed by atoms with Crippen LogP contribution in [0.5, 0.6) is 0 Å². The monoisotopic (exact) mass is 561 g/mol. The second-order valence-electron chi connectivity index (χ2n) is 12.7. The van der Waals surface area contributed by atoms with E-state index in [9.17, 15) is 14.7 Å². The first kappa shape index (κ1) is 38.3. The van der Waals surface area contributed by atoms with Gasteiger partial charge in [0, 0.05) is 0 Å². The third-order valence-corrected chi connectivity index (χ3v) is 11.9. The average Bonchev–Trinajstić information content (AvgIpc) is 2.88. The van der Waals surface area contributed by atoms with Crippen molar-refractivity contribution < 1.29 is 14.7 Å². The van der Waals surface area contributed by atoms with E-state index >= 15 is 0 Å². The Kier molecular flexibility index (Phi) is 26.4. The molecule has 0 spiro atoms. The zero-order valence-electron chi connectivity index (χ0n) is 26.6. The van der Waals surface area contributed by atoms with Crippen molar-refractivity contribution in [2.45, 2.75) is 213 Å². The van der Waals surface area contributed by atoms with Gasteiger partial charge in [-0.25, -0.2) is 0 Å². The first-order valence-corrected chi connectivity index (χ1v) is 20.0. The molecule has 0 saturated heterocycles. The van der Waals surface area contributed by atoms with E-state index in [-0.39, 0.29) is 11.8 Å². The van der Waals surface area contributed by atoms with Gasteiger partial charge in [-0.2, -0.15) is 0 Å². The molecule has 232 valence electrons. The smallest absolute Gasteiger partial charge is 0.0654 e. The van der Waals surface area contributed by atoms with Crippen molar-refractivity contribution in [3.63, 3.8) is 0 Å². The van der Waals surface area contributed by atoms with E-state index in [0.717, 1.165) is 57.8 Å². The molecule has 0 aromatic carbocycles. The van der Waals surface area contributed by atoms with Crippen LogP contribution in [0.1, 0.15) is 207 Å². The molecule has 0 aliphatic carbocycles. The van der Waals surface area contributed by atoms with E-state index in [0.29, 0.717) is 0 Å². The predicted molar refractivity (Wildman–Crippen MR) is 173 cm³/mol. The van der Waals surface area contributed by atoms with Crippen LogP contribution in [-0.2, 0) is 0 Å². The van der Waals surface area contributed by atoms with E-state index in [1.165, 1.54) is 128 Å². The van der Waals surface area contributed by atoms with Gasteiger partial charge in [-0.3, -0.25) is 0 Å². The van der Waals surface area contributed by atoms with E-state index in [1.807, 2.05) is 0 Å². The summed E-state index contributed by atoms with van der Waals surface area (Å²) in [5.41, 5.74) is -0.302. The van der Waals surface area contributed by atoms with E-state index < -0.39 is 7.28 Å². The molecule has 3 N–H and O–H groups in total. The zero-order chi connectivity index (χ0) is 28.2. The van der Waals surface area contributed by atoms with Gasteiger partial charge in [0.1, 0.15) is 0 Å². The minimum absolute atomic E-state index is 0.222.